The minimum absolute atomic E-state index is 0.0288. The van der Waals surface area contributed by atoms with Crippen molar-refractivity contribution < 1.29 is 5.11 Å². The number of hydrogen-bond acceptors (Lipinski definition) is 4. The summed E-state index contributed by atoms with van der Waals surface area (Å²) in [6.45, 7) is 0.555. The lowest BCUT2D eigenvalue weighted by molar-refractivity contribution is 0.193. The van der Waals surface area contributed by atoms with E-state index in [1.165, 1.54) is 0 Å². The molecule has 2 atom stereocenters. The van der Waals surface area contributed by atoms with Crippen LogP contribution in [0.4, 0.5) is 0 Å². The molecule has 12 heavy (non-hydrogen) atoms. The lowest BCUT2D eigenvalue weighted by Crippen LogP contribution is -2.16. The second-order valence-corrected chi connectivity index (χ2v) is 2.91. The first-order valence-electron chi connectivity index (χ1n) is 3.82. The summed E-state index contributed by atoms with van der Waals surface area (Å²) in [4.78, 5) is 13.2. The molecule has 1 fully saturated rings. The molecule has 1 saturated heterocycles. The Balaban J connectivity index is 2.16. The first kappa shape index (κ1) is 7.51. The molecule has 66 valence electrons. The van der Waals surface area contributed by atoms with Gasteiger partial charge in [-0.1, -0.05) is 0 Å². The van der Waals surface area contributed by atoms with Gasteiger partial charge in [0.25, 0.3) is 0 Å². The van der Waals surface area contributed by atoms with Crippen LogP contribution in [0.2, 0.25) is 0 Å². The number of nitrogens with one attached hydrogen (secondary N) is 3. The van der Waals surface area contributed by atoms with Crippen LogP contribution in [-0.2, 0) is 0 Å². The van der Waals surface area contributed by atoms with Crippen LogP contribution in [-0.4, -0.2) is 32.9 Å². The molecular weight excluding hydrogens is 160 g/mol. The molecule has 0 aliphatic carbocycles. The van der Waals surface area contributed by atoms with Crippen molar-refractivity contribution in [3.63, 3.8) is 0 Å². The summed E-state index contributed by atoms with van der Waals surface area (Å²) in [5, 5.41) is 18.3. The van der Waals surface area contributed by atoms with E-state index in [1.54, 1.807) is 0 Å². The van der Waals surface area contributed by atoms with E-state index in [4.69, 9.17) is 0 Å². The lowest BCUT2D eigenvalue weighted by Gasteiger charge is -2.02. The Hall–Kier alpha value is -1.14. The number of H-pyrrole nitrogens is 2. The van der Waals surface area contributed by atoms with Gasteiger partial charge in [0.2, 0.25) is 0 Å². The molecular formula is C6H10N4O2. The summed E-state index contributed by atoms with van der Waals surface area (Å²) in [7, 11) is 0. The Morgan fingerprint density at radius 3 is 2.92 bits per heavy atom. The van der Waals surface area contributed by atoms with Gasteiger partial charge in [0, 0.05) is 6.54 Å². The number of aliphatic hydroxyl groups excluding tert-OH is 1. The minimum Gasteiger partial charge on any atom is -0.392 e. The van der Waals surface area contributed by atoms with Gasteiger partial charge in [-0.25, -0.2) is 9.89 Å². The number of β-amino-alcohol motifs (C(OH)–C–C–N with tert-alkyl or cyclic N) is 1. The number of aromatic nitrogens is 3. The highest BCUT2D eigenvalue weighted by molar-refractivity contribution is 4.96. The van der Waals surface area contributed by atoms with Crippen LogP contribution < -0.4 is 11.0 Å². The molecule has 4 N–H and O–H groups in total. The Morgan fingerprint density at radius 1 is 1.58 bits per heavy atom. The van der Waals surface area contributed by atoms with E-state index >= 15 is 0 Å². The Labute approximate surface area is 68.0 Å². The normalized spacial score (nSPS) is 29.4. The molecule has 0 aromatic carbocycles. The maximum absolute atomic E-state index is 10.7. The Bertz CT molecular complexity index is 317. The van der Waals surface area contributed by atoms with E-state index in [9.17, 15) is 9.90 Å². The van der Waals surface area contributed by atoms with Crippen LogP contribution in [0.1, 0.15) is 18.3 Å². The fraction of sp³-hybridized carbons (Fsp3) is 0.667. The third-order valence-electron chi connectivity index (χ3n) is 1.96. The first-order chi connectivity index (χ1) is 5.75. The highest BCUT2D eigenvalue weighted by Crippen LogP contribution is 2.18. The van der Waals surface area contributed by atoms with Crippen LogP contribution in [0.25, 0.3) is 0 Å². The maximum atomic E-state index is 10.7. The zero-order valence-corrected chi connectivity index (χ0v) is 6.37. The minimum atomic E-state index is -0.338. The van der Waals surface area contributed by atoms with Gasteiger partial charge in [-0.3, -0.25) is 4.98 Å². The SMILES string of the molecule is O=c1[nH]nc([C@H]2C[C@@H](O)CN2)[nH]1. The van der Waals surface area contributed by atoms with E-state index in [1.807, 2.05) is 0 Å². The van der Waals surface area contributed by atoms with Crippen molar-refractivity contribution >= 4 is 0 Å². The smallest absolute Gasteiger partial charge is 0.340 e. The number of aliphatic hydroxyl groups is 1. The van der Waals surface area contributed by atoms with Gasteiger partial charge in [-0.15, -0.1) is 0 Å². The molecule has 2 heterocycles. The van der Waals surface area contributed by atoms with Gasteiger partial charge < -0.3 is 10.4 Å². The molecule has 0 amide bonds. The lowest BCUT2D eigenvalue weighted by atomic mass is 10.2. The fourth-order valence-corrected chi connectivity index (χ4v) is 1.37. The largest absolute Gasteiger partial charge is 0.392 e. The average Bonchev–Trinajstić information content (AvgIpc) is 2.58. The van der Waals surface area contributed by atoms with Crippen LogP contribution >= 0.6 is 0 Å². The molecule has 1 aliphatic heterocycles. The standard InChI is InChI=1S/C6H10N4O2/c11-3-1-4(7-2-3)5-8-6(12)10-9-5/h3-4,7,11H,1-2H2,(H2,8,9,10,12)/t3-,4-/m1/s1. The summed E-state index contributed by atoms with van der Waals surface area (Å²) in [5.41, 5.74) is -0.312. The zero-order chi connectivity index (χ0) is 8.55. The summed E-state index contributed by atoms with van der Waals surface area (Å²) in [6, 6.07) is -0.0288. The number of aromatic amines is 2. The van der Waals surface area contributed by atoms with E-state index < -0.39 is 0 Å². The van der Waals surface area contributed by atoms with Crippen molar-refractivity contribution in [1.82, 2.24) is 20.5 Å². The number of nitrogens with zero attached hydrogens (tertiary/aromatic N) is 1. The van der Waals surface area contributed by atoms with Crippen molar-refractivity contribution in [3.8, 4) is 0 Å². The maximum Gasteiger partial charge on any atom is 0.340 e. The quantitative estimate of drug-likeness (QED) is 0.412. The summed E-state index contributed by atoms with van der Waals surface area (Å²) < 4.78 is 0. The predicted octanol–water partition coefficient (Wildman–Crippen LogP) is -1.51. The Morgan fingerprint density at radius 2 is 2.42 bits per heavy atom. The van der Waals surface area contributed by atoms with Crippen molar-refractivity contribution in [2.24, 2.45) is 0 Å². The van der Waals surface area contributed by atoms with Gasteiger partial charge in [0.05, 0.1) is 12.1 Å². The van der Waals surface area contributed by atoms with E-state index in [0.717, 1.165) is 0 Å². The molecule has 0 radical (unpaired) electrons. The third-order valence-corrected chi connectivity index (χ3v) is 1.96. The molecule has 1 aromatic heterocycles. The third kappa shape index (κ3) is 1.26. The molecule has 0 bridgehead atoms. The molecule has 1 aromatic rings. The van der Waals surface area contributed by atoms with Crippen LogP contribution in [0.5, 0.6) is 0 Å². The molecule has 0 unspecified atom stereocenters. The summed E-state index contributed by atoms with van der Waals surface area (Å²) in [5.74, 6) is 0.566. The first-order valence-corrected chi connectivity index (χ1v) is 3.82. The van der Waals surface area contributed by atoms with Gasteiger partial charge >= 0.3 is 5.69 Å². The summed E-state index contributed by atoms with van der Waals surface area (Å²) >= 11 is 0. The van der Waals surface area contributed by atoms with Crippen molar-refractivity contribution in [1.29, 1.82) is 0 Å². The van der Waals surface area contributed by atoms with E-state index in [-0.39, 0.29) is 17.8 Å². The second kappa shape index (κ2) is 2.72. The number of hydrogen-bond donors (Lipinski definition) is 4. The molecule has 0 spiro atoms. The molecule has 6 heteroatoms. The molecule has 1 aliphatic rings. The van der Waals surface area contributed by atoms with E-state index in [0.29, 0.717) is 18.8 Å². The van der Waals surface area contributed by atoms with Gasteiger partial charge in [0.1, 0.15) is 5.82 Å². The van der Waals surface area contributed by atoms with Crippen LogP contribution in [0, 0.1) is 0 Å². The van der Waals surface area contributed by atoms with Gasteiger partial charge in [0.15, 0.2) is 0 Å². The van der Waals surface area contributed by atoms with Crippen molar-refractivity contribution in [2.75, 3.05) is 6.54 Å². The van der Waals surface area contributed by atoms with Gasteiger partial charge in [-0.2, -0.15) is 5.10 Å². The highest BCUT2D eigenvalue weighted by Gasteiger charge is 2.25. The monoisotopic (exact) mass is 170 g/mol. The van der Waals surface area contributed by atoms with Crippen molar-refractivity contribution in [2.45, 2.75) is 18.6 Å². The molecule has 0 saturated carbocycles. The van der Waals surface area contributed by atoms with Gasteiger partial charge in [-0.05, 0) is 6.42 Å². The Kier molecular flexibility index (Phi) is 1.70. The number of rotatable bonds is 1. The predicted molar refractivity (Wildman–Crippen MR) is 40.6 cm³/mol. The average molecular weight is 170 g/mol. The molecule has 2 rings (SSSR count). The van der Waals surface area contributed by atoms with Crippen LogP contribution in [0.3, 0.4) is 0 Å². The van der Waals surface area contributed by atoms with Crippen LogP contribution in [0.15, 0.2) is 4.79 Å². The van der Waals surface area contributed by atoms with Crippen molar-refractivity contribution in [3.05, 3.63) is 16.3 Å². The molecule has 6 nitrogen and oxygen atoms in total. The topological polar surface area (TPSA) is 93.8 Å². The van der Waals surface area contributed by atoms with E-state index in [2.05, 4.69) is 20.5 Å². The highest BCUT2D eigenvalue weighted by atomic mass is 16.3. The fourth-order valence-electron chi connectivity index (χ4n) is 1.37. The second-order valence-electron chi connectivity index (χ2n) is 2.91. The zero-order valence-electron chi connectivity index (χ0n) is 6.37. The summed E-state index contributed by atoms with van der Waals surface area (Å²) in [6.07, 6.45) is 0.260.